The molecule has 1 aliphatic rings. The smallest absolute Gasteiger partial charge is 0.131 e. The van der Waals surface area contributed by atoms with Crippen LogP contribution >= 0.6 is 0 Å². The summed E-state index contributed by atoms with van der Waals surface area (Å²) in [5.74, 6) is 1.35. The molecule has 1 aromatic rings. The van der Waals surface area contributed by atoms with Crippen LogP contribution in [0.2, 0.25) is 0 Å². The van der Waals surface area contributed by atoms with Crippen molar-refractivity contribution in [3.05, 3.63) is 23.8 Å². The van der Waals surface area contributed by atoms with Crippen LogP contribution in [0, 0.1) is 11.3 Å². The van der Waals surface area contributed by atoms with Crippen LogP contribution in [0.3, 0.4) is 0 Å². The lowest BCUT2D eigenvalue weighted by atomic mass is 10.1. The molecule has 3 nitrogen and oxygen atoms in total. The Labute approximate surface area is 77.4 Å². The number of aromatic nitrogens is 2. The van der Waals surface area contributed by atoms with E-state index in [2.05, 4.69) is 16.0 Å². The quantitative estimate of drug-likeness (QED) is 0.687. The Bertz CT molecular complexity index is 349. The molecule has 0 aliphatic heterocycles. The lowest BCUT2D eigenvalue weighted by Gasteiger charge is -2.02. The molecule has 0 radical (unpaired) electrons. The normalized spacial score (nSPS) is 17.8. The van der Waals surface area contributed by atoms with E-state index in [9.17, 15) is 0 Å². The van der Waals surface area contributed by atoms with Crippen LogP contribution in [0.25, 0.3) is 0 Å². The fraction of sp³-hybridized carbons (Fsp3) is 0.500. The largest absolute Gasteiger partial charge is 0.241 e. The fourth-order valence-electron chi connectivity index (χ4n) is 1.23. The van der Waals surface area contributed by atoms with E-state index in [-0.39, 0.29) is 5.92 Å². The van der Waals surface area contributed by atoms with Crippen molar-refractivity contribution in [2.24, 2.45) is 0 Å². The molecule has 1 aromatic heterocycles. The Kier molecular flexibility index (Phi) is 1.97. The molecule has 3 heteroatoms. The van der Waals surface area contributed by atoms with Gasteiger partial charge in [0, 0.05) is 12.1 Å². The summed E-state index contributed by atoms with van der Waals surface area (Å²) in [5.41, 5.74) is 0.847. The Morgan fingerprint density at radius 3 is 3.00 bits per heavy atom. The molecule has 1 unspecified atom stereocenters. The monoisotopic (exact) mass is 173 g/mol. The zero-order chi connectivity index (χ0) is 9.26. The average Bonchev–Trinajstić information content (AvgIpc) is 3.00. The molecule has 1 saturated carbocycles. The van der Waals surface area contributed by atoms with Gasteiger partial charge >= 0.3 is 0 Å². The molecule has 0 amide bonds. The van der Waals surface area contributed by atoms with Crippen molar-refractivity contribution in [1.82, 2.24) is 9.97 Å². The number of hydrogen-bond acceptors (Lipinski definition) is 3. The molecule has 0 spiro atoms. The molecule has 0 aromatic carbocycles. The molecule has 1 aliphatic carbocycles. The highest BCUT2D eigenvalue weighted by Crippen LogP contribution is 2.37. The van der Waals surface area contributed by atoms with Crippen molar-refractivity contribution in [2.75, 3.05) is 0 Å². The topological polar surface area (TPSA) is 49.6 Å². The highest BCUT2D eigenvalue weighted by Gasteiger charge is 2.26. The van der Waals surface area contributed by atoms with Crippen molar-refractivity contribution >= 4 is 0 Å². The second kappa shape index (κ2) is 3.14. The number of rotatable bonds is 2. The maximum absolute atomic E-state index is 8.72. The van der Waals surface area contributed by atoms with Gasteiger partial charge < -0.3 is 0 Å². The third kappa shape index (κ3) is 1.67. The summed E-state index contributed by atoms with van der Waals surface area (Å²) in [7, 11) is 0. The fourth-order valence-corrected chi connectivity index (χ4v) is 1.23. The molecule has 1 fully saturated rings. The molecule has 0 saturated heterocycles. The predicted molar refractivity (Wildman–Crippen MR) is 48.0 cm³/mol. The summed E-state index contributed by atoms with van der Waals surface area (Å²) in [5, 5.41) is 8.72. The van der Waals surface area contributed by atoms with Crippen molar-refractivity contribution in [2.45, 2.75) is 31.6 Å². The summed E-state index contributed by atoms with van der Waals surface area (Å²) in [6, 6.07) is 4.00. The van der Waals surface area contributed by atoms with E-state index in [1.807, 2.05) is 13.0 Å². The second-order valence-electron chi connectivity index (χ2n) is 3.46. The van der Waals surface area contributed by atoms with Gasteiger partial charge in [0.15, 0.2) is 0 Å². The molecule has 2 rings (SSSR count). The molecule has 1 heterocycles. The van der Waals surface area contributed by atoms with E-state index >= 15 is 0 Å². The SMILES string of the molecule is CC(C#N)c1ccnc(C2CC2)n1. The van der Waals surface area contributed by atoms with Crippen molar-refractivity contribution in [3.8, 4) is 6.07 Å². The van der Waals surface area contributed by atoms with Crippen LogP contribution in [-0.4, -0.2) is 9.97 Å². The van der Waals surface area contributed by atoms with Gasteiger partial charge in [-0.05, 0) is 25.8 Å². The van der Waals surface area contributed by atoms with Gasteiger partial charge in [-0.1, -0.05) is 0 Å². The molecule has 66 valence electrons. The first kappa shape index (κ1) is 8.18. The summed E-state index contributed by atoms with van der Waals surface area (Å²) in [6.07, 6.45) is 4.15. The summed E-state index contributed by atoms with van der Waals surface area (Å²) >= 11 is 0. The van der Waals surface area contributed by atoms with E-state index in [0.717, 1.165) is 11.5 Å². The van der Waals surface area contributed by atoms with Crippen LogP contribution in [0.4, 0.5) is 0 Å². The zero-order valence-electron chi connectivity index (χ0n) is 7.57. The average molecular weight is 173 g/mol. The van der Waals surface area contributed by atoms with E-state index in [1.54, 1.807) is 6.20 Å². The maximum Gasteiger partial charge on any atom is 0.131 e. The van der Waals surface area contributed by atoms with E-state index < -0.39 is 0 Å². The highest BCUT2D eigenvalue weighted by molar-refractivity contribution is 5.17. The molecular weight excluding hydrogens is 162 g/mol. The first-order chi connectivity index (χ1) is 6.31. The Morgan fingerprint density at radius 1 is 1.62 bits per heavy atom. The van der Waals surface area contributed by atoms with Crippen LogP contribution in [0.5, 0.6) is 0 Å². The van der Waals surface area contributed by atoms with Gasteiger partial charge in [-0.25, -0.2) is 9.97 Å². The number of hydrogen-bond donors (Lipinski definition) is 0. The van der Waals surface area contributed by atoms with Crippen molar-refractivity contribution in [1.29, 1.82) is 5.26 Å². The Balaban J connectivity index is 2.27. The lowest BCUT2D eigenvalue weighted by Crippen LogP contribution is -1.99. The van der Waals surface area contributed by atoms with Crippen LogP contribution < -0.4 is 0 Å². The first-order valence-corrected chi connectivity index (χ1v) is 4.53. The van der Waals surface area contributed by atoms with Gasteiger partial charge in [0.2, 0.25) is 0 Å². The van der Waals surface area contributed by atoms with Crippen LogP contribution in [0.1, 0.15) is 43.1 Å². The molecule has 1 atom stereocenters. The lowest BCUT2D eigenvalue weighted by molar-refractivity contribution is 0.840. The molecule has 0 bridgehead atoms. The van der Waals surface area contributed by atoms with Gasteiger partial charge in [-0.2, -0.15) is 5.26 Å². The first-order valence-electron chi connectivity index (χ1n) is 4.53. The van der Waals surface area contributed by atoms with E-state index in [0.29, 0.717) is 5.92 Å². The van der Waals surface area contributed by atoms with Crippen molar-refractivity contribution < 1.29 is 0 Å². The Hall–Kier alpha value is -1.43. The molecular formula is C10H11N3. The van der Waals surface area contributed by atoms with Crippen LogP contribution in [-0.2, 0) is 0 Å². The minimum absolute atomic E-state index is 0.125. The summed E-state index contributed by atoms with van der Waals surface area (Å²) in [4.78, 5) is 8.57. The van der Waals surface area contributed by atoms with Gasteiger partial charge in [0.1, 0.15) is 5.82 Å². The summed E-state index contributed by atoms with van der Waals surface area (Å²) in [6.45, 7) is 1.86. The van der Waals surface area contributed by atoms with Gasteiger partial charge in [0.05, 0.1) is 17.7 Å². The van der Waals surface area contributed by atoms with Gasteiger partial charge in [-0.3, -0.25) is 0 Å². The zero-order valence-corrected chi connectivity index (χ0v) is 7.57. The third-order valence-electron chi connectivity index (χ3n) is 2.28. The highest BCUT2D eigenvalue weighted by atomic mass is 14.9. The minimum Gasteiger partial charge on any atom is -0.241 e. The minimum atomic E-state index is -0.125. The van der Waals surface area contributed by atoms with Crippen LogP contribution in [0.15, 0.2) is 12.3 Å². The van der Waals surface area contributed by atoms with E-state index in [1.165, 1.54) is 12.8 Å². The molecule has 13 heavy (non-hydrogen) atoms. The number of nitrogens with zero attached hydrogens (tertiary/aromatic N) is 3. The standard InChI is InChI=1S/C10H11N3/c1-7(6-11)9-4-5-12-10(13-9)8-2-3-8/h4-5,7-8H,2-3H2,1H3. The summed E-state index contributed by atoms with van der Waals surface area (Å²) < 4.78 is 0. The molecule has 0 N–H and O–H groups in total. The maximum atomic E-state index is 8.72. The number of nitriles is 1. The predicted octanol–water partition coefficient (Wildman–Crippen LogP) is 1.98. The Morgan fingerprint density at radius 2 is 2.38 bits per heavy atom. The van der Waals surface area contributed by atoms with Gasteiger partial charge in [-0.15, -0.1) is 0 Å². The third-order valence-corrected chi connectivity index (χ3v) is 2.28. The van der Waals surface area contributed by atoms with Crippen molar-refractivity contribution in [3.63, 3.8) is 0 Å². The van der Waals surface area contributed by atoms with E-state index in [4.69, 9.17) is 5.26 Å². The van der Waals surface area contributed by atoms with Gasteiger partial charge in [0.25, 0.3) is 0 Å². The second-order valence-corrected chi connectivity index (χ2v) is 3.46.